The molecule has 8 nitrogen and oxygen atoms in total. The Balaban J connectivity index is 1.44. The lowest BCUT2D eigenvalue weighted by atomic mass is 9.94. The number of methoxy groups -OCH3 is 1. The molecule has 2 aliphatic rings. The van der Waals surface area contributed by atoms with Crippen LogP contribution in [0, 0.1) is 0 Å². The van der Waals surface area contributed by atoms with E-state index in [2.05, 4.69) is 15.4 Å². The SMILES string of the molecule is COC(=O)c1ccc(NC(=O)C(=O)NC[C@@H]2COC3(CCCCC3)O2)cc1. The Labute approximate surface area is 157 Å². The topological polar surface area (TPSA) is 103 Å². The van der Waals surface area contributed by atoms with E-state index in [4.69, 9.17) is 9.47 Å². The molecular formula is C19H24N2O6. The minimum absolute atomic E-state index is 0.218. The molecule has 1 spiro atoms. The van der Waals surface area contributed by atoms with Gasteiger partial charge in [0.2, 0.25) is 0 Å². The predicted octanol–water partition coefficient (Wildman–Crippen LogP) is 1.60. The highest BCUT2D eigenvalue weighted by molar-refractivity contribution is 6.39. The molecule has 2 N–H and O–H groups in total. The summed E-state index contributed by atoms with van der Waals surface area (Å²) in [6, 6.07) is 6.07. The summed E-state index contributed by atoms with van der Waals surface area (Å²) in [6.45, 7) is 0.631. The molecular weight excluding hydrogens is 352 g/mol. The molecule has 1 atom stereocenters. The maximum Gasteiger partial charge on any atom is 0.337 e. The van der Waals surface area contributed by atoms with Crippen LogP contribution in [0.5, 0.6) is 0 Å². The normalized spacial score (nSPS) is 20.9. The molecule has 1 saturated heterocycles. The maximum atomic E-state index is 12.0. The zero-order valence-electron chi connectivity index (χ0n) is 15.3. The highest BCUT2D eigenvalue weighted by Gasteiger charge is 2.42. The monoisotopic (exact) mass is 376 g/mol. The van der Waals surface area contributed by atoms with E-state index in [1.54, 1.807) is 0 Å². The third kappa shape index (κ3) is 4.84. The Morgan fingerprint density at radius 3 is 2.48 bits per heavy atom. The minimum atomic E-state index is -0.785. The first-order valence-electron chi connectivity index (χ1n) is 9.11. The highest BCUT2D eigenvalue weighted by atomic mass is 16.7. The maximum absolute atomic E-state index is 12.0. The number of hydrogen-bond donors (Lipinski definition) is 2. The molecule has 2 fully saturated rings. The number of ether oxygens (including phenoxy) is 3. The van der Waals surface area contributed by atoms with Crippen molar-refractivity contribution in [1.29, 1.82) is 0 Å². The molecule has 2 amide bonds. The van der Waals surface area contributed by atoms with Crippen molar-refractivity contribution < 1.29 is 28.6 Å². The van der Waals surface area contributed by atoms with Gasteiger partial charge in [0.1, 0.15) is 6.10 Å². The standard InChI is InChI=1S/C19H24N2O6/c1-25-18(24)13-5-7-14(8-6-13)21-17(23)16(22)20-11-15-12-26-19(27-15)9-3-2-4-10-19/h5-8,15H,2-4,9-12H2,1H3,(H,20,22)(H,21,23)/t15-/m1/s1. The van der Waals surface area contributed by atoms with Gasteiger partial charge in [0.15, 0.2) is 5.79 Å². The van der Waals surface area contributed by atoms with Gasteiger partial charge in [0.25, 0.3) is 0 Å². The van der Waals surface area contributed by atoms with E-state index in [0.29, 0.717) is 17.9 Å². The van der Waals surface area contributed by atoms with Crippen molar-refractivity contribution in [3.8, 4) is 0 Å². The van der Waals surface area contributed by atoms with Crippen LogP contribution < -0.4 is 10.6 Å². The van der Waals surface area contributed by atoms with Crippen LogP contribution in [0.25, 0.3) is 0 Å². The van der Waals surface area contributed by atoms with Crippen LogP contribution in [0.3, 0.4) is 0 Å². The second-order valence-electron chi connectivity index (χ2n) is 6.76. The van der Waals surface area contributed by atoms with Crippen molar-refractivity contribution in [3.05, 3.63) is 29.8 Å². The zero-order chi connectivity index (χ0) is 19.3. The van der Waals surface area contributed by atoms with Crippen molar-refractivity contribution in [1.82, 2.24) is 5.32 Å². The van der Waals surface area contributed by atoms with Crippen LogP contribution in [-0.2, 0) is 23.8 Å². The number of carbonyl (C=O) groups is 3. The van der Waals surface area contributed by atoms with Gasteiger partial charge in [-0.2, -0.15) is 0 Å². The Bertz CT molecular complexity index is 697. The second-order valence-corrected chi connectivity index (χ2v) is 6.76. The smallest absolute Gasteiger partial charge is 0.337 e. The number of nitrogens with one attached hydrogen (secondary N) is 2. The van der Waals surface area contributed by atoms with Crippen molar-refractivity contribution in [2.24, 2.45) is 0 Å². The number of anilines is 1. The molecule has 146 valence electrons. The third-order valence-corrected chi connectivity index (χ3v) is 4.79. The number of esters is 1. The van der Waals surface area contributed by atoms with Gasteiger partial charge in [-0.05, 0) is 37.1 Å². The zero-order valence-corrected chi connectivity index (χ0v) is 15.3. The molecule has 0 unspecified atom stereocenters. The highest BCUT2D eigenvalue weighted by Crippen LogP contribution is 2.37. The quantitative estimate of drug-likeness (QED) is 0.611. The summed E-state index contributed by atoms with van der Waals surface area (Å²) in [5.41, 5.74) is 0.763. The van der Waals surface area contributed by atoms with Crippen molar-refractivity contribution in [3.63, 3.8) is 0 Å². The molecule has 1 aliphatic heterocycles. The van der Waals surface area contributed by atoms with Crippen LogP contribution in [-0.4, -0.2) is 49.9 Å². The molecule has 1 aromatic rings. The van der Waals surface area contributed by atoms with E-state index in [1.807, 2.05) is 0 Å². The first-order chi connectivity index (χ1) is 13.0. The van der Waals surface area contributed by atoms with Gasteiger partial charge < -0.3 is 24.8 Å². The average Bonchev–Trinajstić information content (AvgIpc) is 3.08. The number of rotatable bonds is 4. The van der Waals surface area contributed by atoms with Gasteiger partial charge in [-0.15, -0.1) is 0 Å². The summed E-state index contributed by atoms with van der Waals surface area (Å²) in [4.78, 5) is 35.4. The second kappa shape index (κ2) is 8.49. The van der Waals surface area contributed by atoms with Gasteiger partial charge >= 0.3 is 17.8 Å². The van der Waals surface area contributed by atoms with Crippen LogP contribution in [0.4, 0.5) is 5.69 Å². The summed E-state index contributed by atoms with van der Waals surface area (Å²) >= 11 is 0. The lowest BCUT2D eigenvalue weighted by Gasteiger charge is -2.31. The fraction of sp³-hybridized carbons (Fsp3) is 0.526. The number of carbonyl (C=O) groups excluding carboxylic acids is 3. The molecule has 3 rings (SSSR count). The molecule has 0 radical (unpaired) electrons. The number of hydrogen-bond acceptors (Lipinski definition) is 6. The fourth-order valence-corrected chi connectivity index (χ4v) is 3.35. The summed E-state index contributed by atoms with van der Waals surface area (Å²) in [5, 5.41) is 5.06. The lowest BCUT2D eigenvalue weighted by Crippen LogP contribution is -2.41. The van der Waals surface area contributed by atoms with E-state index in [-0.39, 0.29) is 12.6 Å². The Hall–Kier alpha value is -2.45. The molecule has 1 saturated carbocycles. The largest absolute Gasteiger partial charge is 0.465 e. The van der Waals surface area contributed by atoms with Crippen LogP contribution >= 0.6 is 0 Å². The fourth-order valence-electron chi connectivity index (χ4n) is 3.35. The molecule has 8 heteroatoms. The van der Waals surface area contributed by atoms with Crippen molar-refractivity contribution >= 4 is 23.5 Å². The lowest BCUT2D eigenvalue weighted by molar-refractivity contribution is -0.186. The number of amides is 2. The van der Waals surface area contributed by atoms with Gasteiger partial charge in [0, 0.05) is 25.1 Å². The first-order valence-corrected chi connectivity index (χ1v) is 9.11. The average molecular weight is 376 g/mol. The summed E-state index contributed by atoms with van der Waals surface area (Å²) < 4.78 is 16.4. The third-order valence-electron chi connectivity index (χ3n) is 4.79. The Morgan fingerprint density at radius 1 is 1.11 bits per heavy atom. The van der Waals surface area contributed by atoms with E-state index >= 15 is 0 Å². The number of benzene rings is 1. The predicted molar refractivity (Wildman–Crippen MR) is 96.1 cm³/mol. The summed E-state index contributed by atoms with van der Waals surface area (Å²) in [7, 11) is 1.29. The van der Waals surface area contributed by atoms with Crippen LogP contribution in [0.2, 0.25) is 0 Å². The molecule has 1 aromatic carbocycles. The summed E-state index contributed by atoms with van der Waals surface area (Å²) in [5.74, 6) is -2.51. The molecule has 0 bridgehead atoms. The van der Waals surface area contributed by atoms with E-state index in [1.165, 1.54) is 37.8 Å². The van der Waals surface area contributed by atoms with Gasteiger partial charge in [-0.25, -0.2) is 4.79 Å². The molecule has 27 heavy (non-hydrogen) atoms. The molecule has 1 aliphatic carbocycles. The van der Waals surface area contributed by atoms with Crippen LogP contribution in [0.15, 0.2) is 24.3 Å². The van der Waals surface area contributed by atoms with E-state index in [9.17, 15) is 14.4 Å². The van der Waals surface area contributed by atoms with E-state index < -0.39 is 23.6 Å². The summed E-state index contributed by atoms with van der Waals surface area (Å²) in [6.07, 6.45) is 4.85. The van der Waals surface area contributed by atoms with Gasteiger partial charge in [0.05, 0.1) is 19.3 Å². The van der Waals surface area contributed by atoms with Crippen molar-refractivity contribution in [2.45, 2.75) is 44.0 Å². The van der Waals surface area contributed by atoms with Gasteiger partial charge in [-0.1, -0.05) is 6.42 Å². The first kappa shape index (κ1) is 19.3. The van der Waals surface area contributed by atoms with Crippen molar-refractivity contribution in [2.75, 3.05) is 25.6 Å². The minimum Gasteiger partial charge on any atom is -0.465 e. The van der Waals surface area contributed by atoms with Crippen LogP contribution in [0.1, 0.15) is 42.5 Å². The van der Waals surface area contributed by atoms with E-state index in [0.717, 1.165) is 25.7 Å². The van der Waals surface area contributed by atoms with Gasteiger partial charge in [-0.3, -0.25) is 9.59 Å². The molecule has 1 heterocycles. The Morgan fingerprint density at radius 2 is 1.81 bits per heavy atom. The molecule has 0 aromatic heterocycles. The Kier molecular flexibility index (Phi) is 6.08.